The standard InChI is InChI=1S/C23H40N2OS3/c1-6-8-11-18(3)29-25-23(26)22(28-5)16-21(27-4)15-19(12-9-7-2)20-13-10-14-24-17-20/h10,13-14,17-19,21-22H,6-9,11-12,15-16H2,1-5H3,(H,25,26). The van der Waals surface area contributed by atoms with E-state index in [9.17, 15) is 4.79 Å². The van der Waals surface area contributed by atoms with Crippen LogP contribution >= 0.6 is 35.5 Å². The number of amides is 1. The van der Waals surface area contributed by atoms with E-state index in [0.29, 0.717) is 16.4 Å². The highest BCUT2D eigenvalue weighted by molar-refractivity contribution is 8.01. The summed E-state index contributed by atoms with van der Waals surface area (Å²) in [6.07, 6.45) is 17.4. The number of pyridine rings is 1. The van der Waals surface area contributed by atoms with Crippen LogP contribution in [0.25, 0.3) is 0 Å². The van der Waals surface area contributed by atoms with Crippen LogP contribution in [0.2, 0.25) is 0 Å². The third-order valence-corrected chi connectivity index (χ3v) is 8.31. The Balaban J connectivity index is 2.65. The number of nitrogens with one attached hydrogen (secondary N) is 1. The Morgan fingerprint density at radius 2 is 1.83 bits per heavy atom. The topological polar surface area (TPSA) is 42.0 Å². The first-order valence-electron chi connectivity index (χ1n) is 11.0. The van der Waals surface area contributed by atoms with Gasteiger partial charge in [0.15, 0.2) is 0 Å². The molecule has 0 saturated heterocycles. The van der Waals surface area contributed by atoms with Gasteiger partial charge in [0.1, 0.15) is 0 Å². The fourth-order valence-corrected chi connectivity index (χ4v) is 5.87. The zero-order valence-electron chi connectivity index (χ0n) is 18.9. The first kappa shape index (κ1) is 26.7. The minimum atomic E-state index is 0.0130. The van der Waals surface area contributed by atoms with Gasteiger partial charge in [-0.3, -0.25) is 14.5 Å². The number of aromatic nitrogens is 1. The molecular weight excluding hydrogens is 416 g/mol. The van der Waals surface area contributed by atoms with Crippen molar-refractivity contribution in [2.75, 3.05) is 12.5 Å². The van der Waals surface area contributed by atoms with E-state index in [0.717, 1.165) is 19.3 Å². The number of hydrogen-bond donors (Lipinski definition) is 1. The Morgan fingerprint density at radius 1 is 1.10 bits per heavy atom. The van der Waals surface area contributed by atoms with E-state index >= 15 is 0 Å². The molecule has 0 saturated carbocycles. The van der Waals surface area contributed by atoms with Crippen molar-refractivity contribution in [1.29, 1.82) is 0 Å². The van der Waals surface area contributed by atoms with Crippen molar-refractivity contribution >= 4 is 41.4 Å². The molecule has 0 radical (unpaired) electrons. The molecule has 29 heavy (non-hydrogen) atoms. The van der Waals surface area contributed by atoms with Crippen LogP contribution < -0.4 is 4.72 Å². The zero-order chi connectivity index (χ0) is 21.5. The van der Waals surface area contributed by atoms with Gasteiger partial charge in [0.25, 0.3) is 0 Å². The van der Waals surface area contributed by atoms with Crippen molar-refractivity contribution in [3.05, 3.63) is 30.1 Å². The van der Waals surface area contributed by atoms with Crippen LogP contribution in [-0.4, -0.2) is 39.2 Å². The molecule has 0 aliphatic carbocycles. The maximum Gasteiger partial charge on any atom is 0.242 e. The molecule has 3 nitrogen and oxygen atoms in total. The van der Waals surface area contributed by atoms with Gasteiger partial charge in [-0.25, -0.2) is 0 Å². The van der Waals surface area contributed by atoms with Crippen molar-refractivity contribution in [3.63, 3.8) is 0 Å². The van der Waals surface area contributed by atoms with Crippen LogP contribution in [0.3, 0.4) is 0 Å². The summed E-state index contributed by atoms with van der Waals surface area (Å²) in [6, 6.07) is 4.25. The van der Waals surface area contributed by atoms with Crippen LogP contribution in [0, 0.1) is 0 Å². The molecule has 1 rings (SSSR count). The second-order valence-electron chi connectivity index (χ2n) is 7.72. The van der Waals surface area contributed by atoms with E-state index in [-0.39, 0.29) is 11.2 Å². The molecule has 1 aromatic rings. The summed E-state index contributed by atoms with van der Waals surface area (Å²) in [7, 11) is 0. The Kier molecular flexibility index (Phi) is 15.1. The fourth-order valence-electron chi connectivity index (χ4n) is 3.42. The average Bonchev–Trinajstić information content (AvgIpc) is 2.76. The van der Waals surface area contributed by atoms with Crippen LogP contribution in [0.5, 0.6) is 0 Å². The molecule has 4 unspecified atom stereocenters. The Morgan fingerprint density at radius 3 is 2.41 bits per heavy atom. The maximum atomic E-state index is 12.8. The van der Waals surface area contributed by atoms with Gasteiger partial charge in [0.05, 0.1) is 5.25 Å². The lowest BCUT2D eigenvalue weighted by molar-refractivity contribution is -0.118. The minimum absolute atomic E-state index is 0.0130. The van der Waals surface area contributed by atoms with Gasteiger partial charge in [0, 0.05) is 22.9 Å². The smallest absolute Gasteiger partial charge is 0.242 e. The SMILES string of the molecule is CCCCC(C)SNC(=O)C(CC(CC(CCCC)c1cccnc1)SC)SC. The van der Waals surface area contributed by atoms with Gasteiger partial charge in [-0.15, -0.1) is 0 Å². The maximum absolute atomic E-state index is 12.8. The molecule has 0 aromatic carbocycles. The predicted octanol–water partition coefficient (Wildman–Crippen LogP) is 6.94. The largest absolute Gasteiger partial charge is 0.299 e. The third kappa shape index (κ3) is 11.0. The van der Waals surface area contributed by atoms with Gasteiger partial charge >= 0.3 is 0 Å². The summed E-state index contributed by atoms with van der Waals surface area (Å²) >= 11 is 5.18. The molecule has 1 amide bonds. The predicted molar refractivity (Wildman–Crippen MR) is 135 cm³/mol. The summed E-state index contributed by atoms with van der Waals surface area (Å²) in [5, 5.41) is 0.962. The minimum Gasteiger partial charge on any atom is -0.299 e. The molecule has 1 N–H and O–H groups in total. The lowest BCUT2D eigenvalue weighted by Crippen LogP contribution is -2.32. The molecule has 4 atom stereocenters. The van der Waals surface area contributed by atoms with E-state index in [1.54, 1.807) is 23.7 Å². The highest BCUT2D eigenvalue weighted by Crippen LogP contribution is 2.33. The fraction of sp³-hybridized carbons (Fsp3) is 0.739. The Bertz CT molecular complexity index is 544. The summed E-state index contributed by atoms with van der Waals surface area (Å²) in [5.41, 5.74) is 1.34. The van der Waals surface area contributed by atoms with Crippen LogP contribution in [0.1, 0.15) is 83.6 Å². The summed E-state index contributed by atoms with van der Waals surface area (Å²) < 4.78 is 3.13. The number of rotatable bonds is 16. The summed E-state index contributed by atoms with van der Waals surface area (Å²) in [6.45, 7) is 6.66. The number of carbonyl (C=O) groups excluding carboxylic acids is 1. The second kappa shape index (κ2) is 16.4. The first-order chi connectivity index (χ1) is 14.0. The molecular formula is C23H40N2OS3. The zero-order valence-corrected chi connectivity index (χ0v) is 21.3. The highest BCUT2D eigenvalue weighted by Gasteiger charge is 2.25. The van der Waals surface area contributed by atoms with Gasteiger partial charge in [-0.2, -0.15) is 23.5 Å². The van der Waals surface area contributed by atoms with E-state index in [1.807, 2.05) is 30.2 Å². The summed E-state index contributed by atoms with van der Waals surface area (Å²) in [5.74, 6) is 0.700. The molecule has 0 aliphatic rings. The molecule has 0 spiro atoms. The van der Waals surface area contributed by atoms with Gasteiger partial charge in [0.2, 0.25) is 5.91 Å². The molecule has 1 heterocycles. The molecule has 0 aliphatic heterocycles. The second-order valence-corrected chi connectivity index (χ2v) is 11.1. The van der Waals surface area contributed by atoms with Crippen molar-refractivity contribution < 1.29 is 4.79 Å². The average molecular weight is 457 g/mol. The van der Waals surface area contributed by atoms with Gasteiger partial charge in [-0.05, 0) is 67.7 Å². The highest BCUT2D eigenvalue weighted by atomic mass is 32.2. The number of carbonyl (C=O) groups is 1. The van der Waals surface area contributed by atoms with Crippen molar-refractivity contribution in [1.82, 2.24) is 9.71 Å². The quantitative estimate of drug-likeness (QED) is 0.273. The third-order valence-electron chi connectivity index (χ3n) is 5.32. The first-order valence-corrected chi connectivity index (χ1v) is 14.4. The lowest BCUT2D eigenvalue weighted by atomic mass is 9.89. The Hall–Kier alpha value is -0.330. The van der Waals surface area contributed by atoms with E-state index in [2.05, 4.69) is 49.1 Å². The number of unbranched alkanes of at least 4 members (excludes halogenated alkanes) is 2. The Labute approximate surface area is 191 Å². The summed E-state index contributed by atoms with van der Waals surface area (Å²) in [4.78, 5) is 17.1. The van der Waals surface area contributed by atoms with E-state index in [1.165, 1.54) is 37.7 Å². The van der Waals surface area contributed by atoms with Gasteiger partial charge < -0.3 is 0 Å². The van der Waals surface area contributed by atoms with Crippen LogP contribution in [0.4, 0.5) is 0 Å². The molecule has 1 aromatic heterocycles. The molecule has 166 valence electrons. The van der Waals surface area contributed by atoms with E-state index in [4.69, 9.17) is 0 Å². The van der Waals surface area contributed by atoms with Crippen molar-refractivity contribution in [3.8, 4) is 0 Å². The number of hydrogen-bond acceptors (Lipinski definition) is 5. The van der Waals surface area contributed by atoms with Crippen LogP contribution in [0.15, 0.2) is 24.5 Å². The number of thioether (sulfide) groups is 2. The monoisotopic (exact) mass is 456 g/mol. The number of nitrogens with zero attached hydrogens (tertiary/aromatic N) is 1. The molecule has 0 bridgehead atoms. The molecule has 6 heteroatoms. The van der Waals surface area contributed by atoms with Crippen molar-refractivity contribution in [2.24, 2.45) is 0 Å². The van der Waals surface area contributed by atoms with Crippen molar-refractivity contribution in [2.45, 2.75) is 93.8 Å². The molecule has 0 fully saturated rings. The normalized spacial score (nSPS) is 15.5. The lowest BCUT2D eigenvalue weighted by Gasteiger charge is -2.25. The van der Waals surface area contributed by atoms with Crippen LogP contribution in [-0.2, 0) is 4.79 Å². The van der Waals surface area contributed by atoms with E-state index < -0.39 is 0 Å². The van der Waals surface area contributed by atoms with Gasteiger partial charge in [-0.1, -0.05) is 52.5 Å².